The molecule has 0 aliphatic rings. The molecule has 23 heavy (non-hydrogen) atoms. The summed E-state index contributed by atoms with van der Waals surface area (Å²) in [7, 11) is 0. The van der Waals surface area contributed by atoms with E-state index < -0.39 is 0 Å². The zero-order valence-electron chi connectivity index (χ0n) is 12.5. The largest absolute Gasteiger partial charge is 0.360 e. The van der Waals surface area contributed by atoms with Crippen LogP contribution in [0.25, 0.3) is 28.2 Å². The van der Waals surface area contributed by atoms with Crippen molar-refractivity contribution < 1.29 is 4.52 Å². The third kappa shape index (κ3) is 2.19. The first-order valence-electron chi connectivity index (χ1n) is 7.23. The molecule has 0 spiro atoms. The van der Waals surface area contributed by atoms with Crippen LogP contribution in [-0.4, -0.2) is 14.5 Å². The Kier molecular flexibility index (Phi) is 2.99. The van der Waals surface area contributed by atoms with Gasteiger partial charge in [-0.2, -0.15) is 0 Å². The minimum absolute atomic E-state index is 0.740. The number of aromatic nitrogens is 3. The molecule has 4 rings (SSSR count). The summed E-state index contributed by atoms with van der Waals surface area (Å²) in [6.07, 6.45) is 9.29. The maximum Gasteiger partial charge on any atom is 0.143 e. The fraction of sp³-hybridized carbons (Fsp3) is 0.0526. The van der Waals surface area contributed by atoms with Crippen molar-refractivity contribution in [2.24, 2.45) is 0 Å². The standard InChI is InChI=1S/C19H13N3O/c1-3-14-9-10-17-20-16(12-22(17)11-14)18-13(2)23-21-19(18)15-7-5-4-6-8-15/h1,4-12H,2H3. The third-order valence-corrected chi connectivity index (χ3v) is 3.78. The van der Waals surface area contributed by atoms with Gasteiger partial charge in [0.05, 0.1) is 11.3 Å². The number of imidazole rings is 1. The topological polar surface area (TPSA) is 43.3 Å². The van der Waals surface area contributed by atoms with Crippen LogP contribution in [0.5, 0.6) is 0 Å². The van der Waals surface area contributed by atoms with Gasteiger partial charge in [-0.25, -0.2) is 4.98 Å². The van der Waals surface area contributed by atoms with Crippen molar-refractivity contribution in [2.45, 2.75) is 6.92 Å². The lowest BCUT2D eigenvalue weighted by Crippen LogP contribution is -1.84. The number of terminal acetylenes is 1. The Labute approximate surface area is 133 Å². The Balaban J connectivity index is 1.92. The van der Waals surface area contributed by atoms with Crippen molar-refractivity contribution in [1.82, 2.24) is 14.5 Å². The molecule has 0 aliphatic carbocycles. The maximum atomic E-state index is 5.46. The molecule has 0 atom stereocenters. The number of rotatable bonds is 2. The smallest absolute Gasteiger partial charge is 0.143 e. The molecule has 3 heterocycles. The predicted molar refractivity (Wildman–Crippen MR) is 88.8 cm³/mol. The minimum Gasteiger partial charge on any atom is -0.360 e. The van der Waals surface area contributed by atoms with Crippen molar-refractivity contribution >= 4 is 5.65 Å². The van der Waals surface area contributed by atoms with Crippen LogP contribution in [-0.2, 0) is 0 Å². The van der Waals surface area contributed by atoms with E-state index in [4.69, 9.17) is 10.9 Å². The fourth-order valence-corrected chi connectivity index (χ4v) is 2.66. The molecule has 0 unspecified atom stereocenters. The van der Waals surface area contributed by atoms with E-state index in [-0.39, 0.29) is 0 Å². The second-order valence-electron chi connectivity index (χ2n) is 5.28. The molecule has 0 amide bonds. The Bertz CT molecular complexity index is 1040. The number of pyridine rings is 1. The lowest BCUT2D eigenvalue weighted by Gasteiger charge is -1.99. The lowest BCUT2D eigenvalue weighted by molar-refractivity contribution is 0.400. The highest BCUT2D eigenvalue weighted by atomic mass is 16.5. The first-order valence-corrected chi connectivity index (χ1v) is 7.23. The van der Waals surface area contributed by atoms with Crippen molar-refractivity contribution in [2.75, 3.05) is 0 Å². The number of hydrogen-bond donors (Lipinski definition) is 0. The number of fused-ring (bicyclic) bond motifs is 1. The summed E-state index contributed by atoms with van der Waals surface area (Å²) in [6, 6.07) is 13.7. The van der Waals surface area contributed by atoms with E-state index in [1.807, 2.05) is 66.2 Å². The lowest BCUT2D eigenvalue weighted by atomic mass is 10.0. The summed E-state index contributed by atoms with van der Waals surface area (Å²) in [5, 5.41) is 4.21. The van der Waals surface area contributed by atoms with Gasteiger partial charge in [0.25, 0.3) is 0 Å². The van der Waals surface area contributed by atoms with E-state index in [0.29, 0.717) is 0 Å². The van der Waals surface area contributed by atoms with E-state index in [0.717, 1.165) is 39.5 Å². The normalized spacial score (nSPS) is 10.8. The summed E-state index contributed by atoms with van der Waals surface area (Å²) < 4.78 is 7.34. The molecular formula is C19H13N3O. The molecule has 4 aromatic rings. The van der Waals surface area contributed by atoms with Crippen molar-refractivity contribution in [3.63, 3.8) is 0 Å². The highest BCUT2D eigenvalue weighted by molar-refractivity contribution is 5.80. The summed E-state index contributed by atoms with van der Waals surface area (Å²) >= 11 is 0. The Morgan fingerprint density at radius 1 is 1.09 bits per heavy atom. The van der Waals surface area contributed by atoms with Crippen LogP contribution in [0.4, 0.5) is 0 Å². The monoisotopic (exact) mass is 299 g/mol. The van der Waals surface area contributed by atoms with Crippen molar-refractivity contribution in [1.29, 1.82) is 0 Å². The average molecular weight is 299 g/mol. The van der Waals surface area contributed by atoms with Gasteiger partial charge in [-0.3, -0.25) is 0 Å². The van der Waals surface area contributed by atoms with E-state index in [1.54, 1.807) is 0 Å². The predicted octanol–water partition coefficient (Wildman–Crippen LogP) is 3.95. The molecule has 3 aromatic heterocycles. The van der Waals surface area contributed by atoms with E-state index in [9.17, 15) is 0 Å². The SMILES string of the molecule is C#Cc1ccc2nc(-c3c(-c4ccccc4)noc3C)cn2c1. The number of hydrogen-bond acceptors (Lipinski definition) is 3. The maximum absolute atomic E-state index is 5.46. The molecule has 0 fully saturated rings. The first-order chi connectivity index (χ1) is 11.3. The van der Waals surface area contributed by atoms with Crippen molar-refractivity contribution in [3.05, 3.63) is 66.2 Å². The fourth-order valence-electron chi connectivity index (χ4n) is 2.66. The molecule has 0 bridgehead atoms. The highest BCUT2D eigenvalue weighted by Crippen LogP contribution is 2.33. The Morgan fingerprint density at radius 2 is 1.91 bits per heavy atom. The van der Waals surface area contributed by atoms with Gasteiger partial charge in [-0.15, -0.1) is 6.42 Å². The first kappa shape index (κ1) is 13.4. The Morgan fingerprint density at radius 3 is 2.70 bits per heavy atom. The zero-order chi connectivity index (χ0) is 15.8. The third-order valence-electron chi connectivity index (χ3n) is 3.78. The minimum atomic E-state index is 0.740. The molecule has 4 nitrogen and oxygen atoms in total. The molecule has 4 heteroatoms. The van der Waals surface area contributed by atoms with Crippen molar-refractivity contribution in [3.8, 4) is 34.9 Å². The van der Waals surface area contributed by atoms with Gasteiger partial charge >= 0.3 is 0 Å². The van der Waals surface area contributed by atoms with Gasteiger partial charge in [0.2, 0.25) is 0 Å². The van der Waals surface area contributed by atoms with E-state index >= 15 is 0 Å². The molecule has 110 valence electrons. The molecule has 0 aliphatic heterocycles. The number of benzene rings is 1. The van der Waals surface area contributed by atoms with Crippen LogP contribution in [0.3, 0.4) is 0 Å². The number of nitrogens with zero attached hydrogens (tertiary/aromatic N) is 3. The van der Waals surface area contributed by atoms with Gasteiger partial charge < -0.3 is 8.92 Å². The summed E-state index contributed by atoms with van der Waals surface area (Å²) in [5.74, 6) is 3.37. The number of aryl methyl sites for hydroxylation is 1. The van der Waals surface area contributed by atoms with Gasteiger partial charge in [-0.05, 0) is 19.1 Å². The summed E-state index contributed by atoms with van der Waals surface area (Å²) in [4.78, 5) is 4.67. The van der Waals surface area contributed by atoms with E-state index in [2.05, 4.69) is 16.1 Å². The van der Waals surface area contributed by atoms with E-state index in [1.165, 1.54) is 0 Å². The van der Waals surface area contributed by atoms with Gasteiger partial charge in [0.1, 0.15) is 17.1 Å². The zero-order valence-corrected chi connectivity index (χ0v) is 12.5. The quantitative estimate of drug-likeness (QED) is 0.526. The van der Waals surface area contributed by atoms with Crippen LogP contribution in [0, 0.1) is 19.3 Å². The summed E-state index contributed by atoms with van der Waals surface area (Å²) in [5.41, 5.74) is 5.16. The van der Waals surface area contributed by atoms with Gasteiger partial charge in [-0.1, -0.05) is 41.4 Å². The molecule has 1 aromatic carbocycles. The second-order valence-corrected chi connectivity index (χ2v) is 5.28. The second kappa shape index (κ2) is 5.15. The average Bonchev–Trinajstić information content (AvgIpc) is 3.17. The van der Waals surface area contributed by atoms with Crippen LogP contribution >= 0.6 is 0 Å². The van der Waals surface area contributed by atoms with Crippen LogP contribution in [0.1, 0.15) is 11.3 Å². The summed E-state index contributed by atoms with van der Waals surface area (Å²) in [6.45, 7) is 1.89. The van der Waals surface area contributed by atoms with Crippen LogP contribution in [0.2, 0.25) is 0 Å². The Hall–Kier alpha value is -3.32. The highest BCUT2D eigenvalue weighted by Gasteiger charge is 2.19. The molecule has 0 radical (unpaired) electrons. The molecular weight excluding hydrogens is 286 g/mol. The van der Waals surface area contributed by atoms with Crippen LogP contribution in [0.15, 0.2) is 59.4 Å². The van der Waals surface area contributed by atoms with Gasteiger partial charge in [0.15, 0.2) is 0 Å². The molecule has 0 saturated carbocycles. The van der Waals surface area contributed by atoms with Crippen LogP contribution < -0.4 is 0 Å². The molecule has 0 saturated heterocycles. The van der Waals surface area contributed by atoms with Gasteiger partial charge in [0, 0.05) is 23.5 Å². The molecule has 0 N–H and O–H groups in total.